The average Bonchev–Trinajstić information content (AvgIpc) is 3.06. The number of halogens is 2. The van der Waals surface area contributed by atoms with Gasteiger partial charge in [-0.05, 0) is 31.5 Å². The fourth-order valence-electron chi connectivity index (χ4n) is 2.40. The first kappa shape index (κ1) is 14.5. The van der Waals surface area contributed by atoms with Crippen LogP contribution in [-0.4, -0.2) is 24.5 Å². The minimum atomic E-state index is -0.123. The lowest BCUT2D eigenvalue weighted by Crippen LogP contribution is -2.08. The zero-order valence-corrected chi connectivity index (χ0v) is 13.9. The molecule has 0 spiro atoms. The number of imidazole rings is 1. The topological polar surface area (TPSA) is 48.5 Å². The molecule has 0 amide bonds. The highest BCUT2D eigenvalue weighted by atomic mass is 79.9. The van der Waals surface area contributed by atoms with Crippen molar-refractivity contribution < 1.29 is 0 Å². The van der Waals surface area contributed by atoms with Crippen molar-refractivity contribution in [2.24, 2.45) is 0 Å². The van der Waals surface area contributed by atoms with Gasteiger partial charge in [-0.2, -0.15) is 0 Å². The van der Waals surface area contributed by atoms with Crippen LogP contribution in [0.2, 0.25) is 0 Å². The number of aryl methyl sites for hydroxylation is 2. The number of benzene rings is 1. The average molecular weight is 369 g/mol. The number of rotatable bonds is 5. The fourth-order valence-corrected chi connectivity index (χ4v) is 2.92. The van der Waals surface area contributed by atoms with Crippen molar-refractivity contribution in [2.75, 3.05) is 0 Å². The van der Waals surface area contributed by atoms with Crippen molar-refractivity contribution in [3.05, 3.63) is 40.9 Å². The second-order valence-corrected chi connectivity index (χ2v) is 6.46. The first-order valence-corrected chi connectivity index (χ1v) is 8.02. The van der Waals surface area contributed by atoms with Gasteiger partial charge in [0.15, 0.2) is 0 Å². The number of nitrogens with zero attached hydrogens (tertiary/aromatic N) is 5. The van der Waals surface area contributed by atoms with Crippen molar-refractivity contribution >= 4 is 38.6 Å². The summed E-state index contributed by atoms with van der Waals surface area (Å²) in [5, 5.41) is 7.66. The van der Waals surface area contributed by atoms with Crippen LogP contribution in [0.15, 0.2) is 35.1 Å². The Morgan fingerprint density at radius 1 is 1.33 bits per heavy atom. The van der Waals surface area contributed by atoms with E-state index >= 15 is 0 Å². The molecule has 0 saturated carbocycles. The Hall–Kier alpha value is -1.40. The Morgan fingerprint density at radius 3 is 2.90 bits per heavy atom. The predicted molar refractivity (Wildman–Crippen MR) is 86.3 cm³/mol. The Kier molecular flexibility index (Phi) is 4.26. The van der Waals surface area contributed by atoms with Gasteiger partial charge >= 0.3 is 0 Å². The third-order valence-electron chi connectivity index (χ3n) is 3.34. The van der Waals surface area contributed by atoms with Crippen molar-refractivity contribution in [3.63, 3.8) is 0 Å². The summed E-state index contributed by atoms with van der Waals surface area (Å²) >= 11 is 9.76. The summed E-state index contributed by atoms with van der Waals surface area (Å²) in [6.07, 6.45) is 4.51. The van der Waals surface area contributed by atoms with E-state index in [1.54, 1.807) is 6.20 Å². The maximum absolute atomic E-state index is 6.28. The van der Waals surface area contributed by atoms with Crippen molar-refractivity contribution in [2.45, 2.75) is 31.8 Å². The second-order valence-electron chi connectivity index (χ2n) is 4.89. The molecule has 1 aromatic carbocycles. The molecule has 3 rings (SSSR count). The van der Waals surface area contributed by atoms with Gasteiger partial charge in [0, 0.05) is 23.8 Å². The van der Waals surface area contributed by atoms with E-state index in [-0.39, 0.29) is 5.38 Å². The predicted octanol–water partition coefficient (Wildman–Crippen LogP) is 3.78. The van der Waals surface area contributed by atoms with Crippen LogP contribution in [0.25, 0.3) is 11.0 Å². The van der Waals surface area contributed by atoms with E-state index in [0.29, 0.717) is 0 Å². The van der Waals surface area contributed by atoms with E-state index in [9.17, 15) is 0 Å². The second kappa shape index (κ2) is 6.15. The summed E-state index contributed by atoms with van der Waals surface area (Å²) in [5.74, 6) is 0.906. The van der Waals surface area contributed by atoms with Gasteiger partial charge in [-0.25, -0.2) is 4.98 Å². The molecule has 110 valence electrons. The maximum Gasteiger partial charge on any atom is 0.127 e. The van der Waals surface area contributed by atoms with Crippen LogP contribution in [0.5, 0.6) is 0 Å². The van der Waals surface area contributed by atoms with Crippen molar-refractivity contribution in [1.82, 2.24) is 24.5 Å². The van der Waals surface area contributed by atoms with Crippen LogP contribution in [0, 0.1) is 0 Å². The molecule has 0 radical (unpaired) electrons. The minimum Gasteiger partial charge on any atom is -0.327 e. The summed E-state index contributed by atoms with van der Waals surface area (Å²) in [4.78, 5) is 4.65. The van der Waals surface area contributed by atoms with Crippen LogP contribution in [0.4, 0.5) is 0 Å². The lowest BCUT2D eigenvalue weighted by atomic mass is 10.3. The molecular weight excluding hydrogens is 354 g/mol. The summed E-state index contributed by atoms with van der Waals surface area (Å²) in [7, 11) is 0. The SMILES string of the molecule is CC(Cl)c1nc2cc(Br)ccc2n1CCCn1ccnn1. The quantitative estimate of drug-likeness (QED) is 0.644. The van der Waals surface area contributed by atoms with Gasteiger partial charge in [0.1, 0.15) is 5.82 Å². The van der Waals surface area contributed by atoms with Gasteiger partial charge < -0.3 is 4.57 Å². The minimum absolute atomic E-state index is 0.123. The van der Waals surface area contributed by atoms with Crippen LogP contribution in [0.3, 0.4) is 0 Å². The van der Waals surface area contributed by atoms with Gasteiger partial charge in [0.25, 0.3) is 0 Å². The van der Waals surface area contributed by atoms with Crippen molar-refractivity contribution in [1.29, 1.82) is 0 Å². The molecule has 1 unspecified atom stereocenters. The first-order chi connectivity index (χ1) is 10.1. The number of hydrogen-bond donors (Lipinski definition) is 0. The zero-order valence-electron chi connectivity index (χ0n) is 11.6. The number of alkyl halides is 1. The molecule has 3 aromatic rings. The summed E-state index contributed by atoms with van der Waals surface area (Å²) < 4.78 is 5.05. The number of fused-ring (bicyclic) bond motifs is 1. The molecule has 2 heterocycles. The Morgan fingerprint density at radius 2 is 2.19 bits per heavy atom. The molecule has 2 aromatic heterocycles. The lowest BCUT2D eigenvalue weighted by molar-refractivity contribution is 0.511. The van der Waals surface area contributed by atoms with E-state index in [1.165, 1.54) is 0 Å². The largest absolute Gasteiger partial charge is 0.327 e. The highest BCUT2D eigenvalue weighted by molar-refractivity contribution is 9.10. The Balaban J connectivity index is 1.86. The van der Waals surface area contributed by atoms with Crippen LogP contribution >= 0.6 is 27.5 Å². The van der Waals surface area contributed by atoms with Gasteiger partial charge in [0.05, 0.1) is 22.6 Å². The first-order valence-electron chi connectivity index (χ1n) is 6.79. The molecule has 0 N–H and O–H groups in total. The highest BCUT2D eigenvalue weighted by Gasteiger charge is 2.14. The third kappa shape index (κ3) is 3.11. The molecule has 1 atom stereocenters. The third-order valence-corrected chi connectivity index (χ3v) is 4.02. The smallest absolute Gasteiger partial charge is 0.127 e. The van der Waals surface area contributed by atoms with Crippen molar-refractivity contribution in [3.8, 4) is 0 Å². The molecule has 0 bridgehead atoms. The van der Waals surface area contributed by atoms with E-state index in [2.05, 4.69) is 41.9 Å². The molecule has 0 fully saturated rings. The molecule has 0 aliphatic heterocycles. The summed E-state index contributed by atoms with van der Waals surface area (Å²) in [6, 6.07) is 6.12. The molecule has 0 aliphatic carbocycles. The number of hydrogen-bond acceptors (Lipinski definition) is 3. The van der Waals surface area contributed by atoms with E-state index in [1.807, 2.05) is 29.9 Å². The number of aromatic nitrogens is 5. The molecule has 7 heteroatoms. The fraction of sp³-hybridized carbons (Fsp3) is 0.357. The normalized spacial score (nSPS) is 12.9. The van der Waals surface area contributed by atoms with Gasteiger partial charge in [-0.15, -0.1) is 16.7 Å². The van der Waals surface area contributed by atoms with E-state index in [0.717, 1.165) is 40.8 Å². The zero-order chi connectivity index (χ0) is 14.8. The summed E-state index contributed by atoms with van der Waals surface area (Å²) in [6.45, 7) is 3.63. The highest BCUT2D eigenvalue weighted by Crippen LogP contribution is 2.26. The van der Waals surface area contributed by atoms with Gasteiger partial charge in [0.2, 0.25) is 0 Å². The molecule has 0 saturated heterocycles. The molecule has 5 nitrogen and oxygen atoms in total. The Bertz CT molecular complexity index is 735. The molecule has 21 heavy (non-hydrogen) atoms. The van der Waals surface area contributed by atoms with Gasteiger partial charge in [-0.1, -0.05) is 21.1 Å². The van der Waals surface area contributed by atoms with Crippen LogP contribution in [-0.2, 0) is 13.1 Å². The Labute approximate surface area is 136 Å². The van der Waals surface area contributed by atoms with E-state index < -0.39 is 0 Å². The summed E-state index contributed by atoms with van der Waals surface area (Å²) in [5.41, 5.74) is 2.08. The van der Waals surface area contributed by atoms with E-state index in [4.69, 9.17) is 11.6 Å². The van der Waals surface area contributed by atoms with Crippen LogP contribution < -0.4 is 0 Å². The lowest BCUT2D eigenvalue weighted by Gasteiger charge is -2.10. The monoisotopic (exact) mass is 367 g/mol. The van der Waals surface area contributed by atoms with Crippen LogP contribution in [0.1, 0.15) is 24.5 Å². The standard InChI is InChI=1S/C14H15BrClN5/c1-10(16)14-18-12-9-11(15)3-4-13(12)21(14)7-2-6-20-8-5-17-19-20/h3-5,8-10H,2,6-7H2,1H3. The maximum atomic E-state index is 6.28. The molecular formula is C14H15BrClN5. The molecule has 0 aliphatic rings. The van der Waals surface area contributed by atoms with Gasteiger partial charge in [-0.3, -0.25) is 4.68 Å².